The average molecular weight is 395 g/mol. The summed E-state index contributed by atoms with van der Waals surface area (Å²) in [4.78, 5) is 20.1. The number of nitrogens with two attached hydrogens (primary N) is 2. The van der Waals surface area contributed by atoms with Gasteiger partial charge < -0.3 is 31.4 Å². The van der Waals surface area contributed by atoms with E-state index in [0.29, 0.717) is 36.2 Å². The van der Waals surface area contributed by atoms with Gasteiger partial charge in [-0.3, -0.25) is 9.78 Å². The summed E-state index contributed by atoms with van der Waals surface area (Å²) in [6.07, 6.45) is 5.68. The maximum absolute atomic E-state index is 11.8. The summed E-state index contributed by atoms with van der Waals surface area (Å²) < 4.78 is 10.7. The van der Waals surface area contributed by atoms with Crippen molar-refractivity contribution < 1.29 is 14.1 Å². The van der Waals surface area contributed by atoms with Crippen molar-refractivity contribution >= 4 is 23.2 Å². The molecule has 4 rings (SSSR count). The van der Waals surface area contributed by atoms with E-state index in [1.165, 1.54) is 0 Å². The van der Waals surface area contributed by atoms with Crippen molar-refractivity contribution in [2.75, 3.05) is 23.8 Å². The first-order valence-electron chi connectivity index (χ1n) is 9.14. The van der Waals surface area contributed by atoms with Crippen molar-refractivity contribution in [3.05, 3.63) is 48.5 Å². The zero-order valence-corrected chi connectivity index (χ0v) is 15.5. The van der Waals surface area contributed by atoms with E-state index in [9.17, 15) is 4.79 Å². The molecule has 10 nitrogen and oxygen atoms in total. The second kappa shape index (κ2) is 8.25. The van der Waals surface area contributed by atoms with Crippen molar-refractivity contribution in [2.24, 2.45) is 11.5 Å². The van der Waals surface area contributed by atoms with E-state index in [4.69, 9.17) is 20.7 Å². The van der Waals surface area contributed by atoms with Crippen molar-refractivity contribution in [3.8, 4) is 11.3 Å². The van der Waals surface area contributed by atoms with Crippen LogP contribution in [-0.2, 0) is 4.74 Å². The lowest BCUT2D eigenvalue weighted by Crippen LogP contribution is -2.47. The van der Waals surface area contributed by atoms with Crippen LogP contribution in [0.3, 0.4) is 0 Å². The first-order chi connectivity index (χ1) is 14.1. The fourth-order valence-electron chi connectivity index (χ4n) is 3.11. The van der Waals surface area contributed by atoms with Gasteiger partial charge in [0.1, 0.15) is 5.69 Å². The molecular formula is C19H21N7O3. The molecule has 6 N–H and O–H groups in total. The highest BCUT2D eigenvalue weighted by Gasteiger charge is 2.23. The maximum Gasteiger partial charge on any atom is 0.269 e. The zero-order chi connectivity index (χ0) is 20.2. The number of primary amides is 1. The molecule has 29 heavy (non-hydrogen) atoms. The van der Waals surface area contributed by atoms with Gasteiger partial charge in [0.05, 0.1) is 24.2 Å². The van der Waals surface area contributed by atoms with Crippen LogP contribution in [0, 0.1) is 0 Å². The Bertz CT molecular complexity index is 992. The molecule has 1 saturated heterocycles. The van der Waals surface area contributed by atoms with E-state index >= 15 is 0 Å². The molecule has 0 spiro atoms. The number of pyridine rings is 2. The third-order valence-corrected chi connectivity index (χ3v) is 4.60. The fraction of sp³-hybridized carbons (Fsp3) is 0.263. The van der Waals surface area contributed by atoms with Gasteiger partial charge in [-0.15, -0.1) is 0 Å². The summed E-state index contributed by atoms with van der Waals surface area (Å²) >= 11 is 0. The Labute approximate surface area is 166 Å². The average Bonchev–Trinajstić information content (AvgIpc) is 3.19. The molecule has 0 aromatic carbocycles. The molecule has 1 aliphatic heterocycles. The van der Waals surface area contributed by atoms with Crippen LogP contribution >= 0.6 is 0 Å². The van der Waals surface area contributed by atoms with Crippen LogP contribution < -0.4 is 22.1 Å². The number of ether oxygens (including phenoxy) is 1. The lowest BCUT2D eigenvalue weighted by molar-refractivity contribution is 0.0752. The molecule has 1 amide bonds. The van der Waals surface area contributed by atoms with Crippen LogP contribution in [0.1, 0.15) is 16.9 Å². The first-order valence-corrected chi connectivity index (χ1v) is 9.14. The number of amides is 1. The Morgan fingerprint density at radius 2 is 2.17 bits per heavy atom. The summed E-state index contributed by atoms with van der Waals surface area (Å²) in [6, 6.07) is 7.03. The third-order valence-electron chi connectivity index (χ3n) is 4.60. The van der Waals surface area contributed by atoms with E-state index in [-0.39, 0.29) is 17.8 Å². The quantitative estimate of drug-likeness (QED) is 0.486. The topological polar surface area (TPSA) is 154 Å². The molecule has 1 aliphatic rings. The second-order valence-corrected chi connectivity index (χ2v) is 6.71. The molecule has 3 aromatic heterocycles. The van der Waals surface area contributed by atoms with Gasteiger partial charge >= 0.3 is 0 Å². The van der Waals surface area contributed by atoms with Crippen molar-refractivity contribution in [1.82, 2.24) is 15.1 Å². The lowest BCUT2D eigenvalue weighted by Gasteiger charge is -2.30. The van der Waals surface area contributed by atoms with Gasteiger partial charge in [-0.1, -0.05) is 5.16 Å². The summed E-state index contributed by atoms with van der Waals surface area (Å²) in [5.41, 5.74) is 14.2. The second-order valence-electron chi connectivity index (χ2n) is 6.71. The summed E-state index contributed by atoms with van der Waals surface area (Å²) in [6.45, 7) is 1.13. The van der Waals surface area contributed by atoms with E-state index < -0.39 is 5.91 Å². The van der Waals surface area contributed by atoms with Crippen LogP contribution in [0.15, 0.2) is 47.4 Å². The first kappa shape index (κ1) is 18.8. The Morgan fingerprint density at radius 3 is 2.93 bits per heavy atom. The number of hydrogen-bond acceptors (Lipinski definition) is 9. The minimum absolute atomic E-state index is 0.0419. The van der Waals surface area contributed by atoms with Gasteiger partial charge in [-0.2, -0.15) is 0 Å². The number of nitrogens with zero attached hydrogens (tertiary/aromatic N) is 3. The molecule has 2 atom stereocenters. The van der Waals surface area contributed by atoms with Gasteiger partial charge in [0, 0.05) is 42.7 Å². The largest absolute Gasteiger partial charge is 0.380 e. The van der Waals surface area contributed by atoms with Crippen molar-refractivity contribution in [1.29, 1.82) is 0 Å². The van der Waals surface area contributed by atoms with Crippen LogP contribution in [-0.4, -0.2) is 46.3 Å². The Balaban J connectivity index is 1.57. The van der Waals surface area contributed by atoms with E-state index in [2.05, 4.69) is 25.8 Å². The normalized spacial score (nSPS) is 18.9. The standard InChI is InChI=1S/C19H21N7O3/c20-13-10-28-5-3-14(13)24-12-6-16(18(19(21)27)23-9-12)25-17-7-15(26-29-17)11-2-1-4-22-8-11/h1-2,4,6-9,13-14,24-25H,3,5,10,20H2,(H2,21,27)/t13-,14+/m0/s1. The monoisotopic (exact) mass is 395 g/mol. The number of rotatable bonds is 6. The predicted molar refractivity (Wildman–Crippen MR) is 107 cm³/mol. The van der Waals surface area contributed by atoms with Crippen LogP contribution in [0.2, 0.25) is 0 Å². The van der Waals surface area contributed by atoms with E-state index in [1.807, 2.05) is 12.1 Å². The van der Waals surface area contributed by atoms with Crippen LogP contribution in [0.5, 0.6) is 0 Å². The van der Waals surface area contributed by atoms with Crippen LogP contribution in [0.25, 0.3) is 11.3 Å². The minimum Gasteiger partial charge on any atom is -0.380 e. The predicted octanol–water partition coefficient (Wildman–Crippen LogP) is 1.50. The van der Waals surface area contributed by atoms with Gasteiger partial charge in [-0.05, 0) is 24.6 Å². The molecular weight excluding hydrogens is 374 g/mol. The summed E-state index contributed by atoms with van der Waals surface area (Å²) in [5, 5.41) is 10.4. The van der Waals surface area contributed by atoms with Gasteiger partial charge in [-0.25, -0.2) is 4.98 Å². The molecule has 3 aromatic rings. The Kier molecular flexibility index (Phi) is 5.36. The Morgan fingerprint density at radius 1 is 1.28 bits per heavy atom. The fourth-order valence-corrected chi connectivity index (χ4v) is 3.11. The highest BCUT2D eigenvalue weighted by molar-refractivity contribution is 5.97. The van der Waals surface area contributed by atoms with Crippen molar-refractivity contribution in [2.45, 2.75) is 18.5 Å². The van der Waals surface area contributed by atoms with Crippen LogP contribution in [0.4, 0.5) is 17.3 Å². The number of anilines is 3. The number of carbonyl (C=O) groups excluding carboxylic acids is 1. The number of carbonyl (C=O) groups is 1. The molecule has 150 valence electrons. The summed E-state index contributed by atoms with van der Waals surface area (Å²) in [5.74, 6) is -0.318. The van der Waals surface area contributed by atoms with E-state index in [0.717, 1.165) is 12.0 Å². The molecule has 4 heterocycles. The molecule has 0 radical (unpaired) electrons. The highest BCUT2D eigenvalue weighted by Crippen LogP contribution is 2.27. The highest BCUT2D eigenvalue weighted by atomic mass is 16.5. The molecule has 10 heteroatoms. The zero-order valence-electron chi connectivity index (χ0n) is 15.5. The van der Waals surface area contributed by atoms with E-state index in [1.54, 1.807) is 30.7 Å². The maximum atomic E-state index is 11.8. The summed E-state index contributed by atoms with van der Waals surface area (Å²) in [7, 11) is 0. The van der Waals surface area contributed by atoms with Gasteiger partial charge in [0.15, 0.2) is 5.69 Å². The lowest BCUT2D eigenvalue weighted by atomic mass is 10.0. The molecule has 1 fully saturated rings. The van der Waals surface area contributed by atoms with Crippen molar-refractivity contribution in [3.63, 3.8) is 0 Å². The van der Waals surface area contributed by atoms with Gasteiger partial charge in [0.25, 0.3) is 5.91 Å². The number of nitrogens with one attached hydrogen (secondary N) is 2. The number of aromatic nitrogens is 3. The smallest absolute Gasteiger partial charge is 0.269 e. The third kappa shape index (κ3) is 4.33. The number of hydrogen-bond donors (Lipinski definition) is 4. The minimum atomic E-state index is -0.659. The molecule has 0 bridgehead atoms. The molecule has 0 aliphatic carbocycles. The SMILES string of the molecule is NC(=O)c1ncc(N[C@@H]2CCOC[C@@H]2N)cc1Nc1cc(-c2cccnc2)no1. The molecule has 0 unspecified atom stereocenters. The Hall–Kier alpha value is -3.50. The van der Waals surface area contributed by atoms with Gasteiger partial charge in [0.2, 0.25) is 5.88 Å². The molecule has 0 saturated carbocycles.